The lowest BCUT2D eigenvalue weighted by molar-refractivity contribution is -0.0108. The fourth-order valence-corrected chi connectivity index (χ4v) is 3.33. The smallest absolute Gasteiger partial charge is 0.409 e. The van der Waals surface area contributed by atoms with Gasteiger partial charge >= 0.3 is 6.09 Å². The van der Waals surface area contributed by atoms with Crippen molar-refractivity contribution in [2.45, 2.75) is 32.4 Å². The van der Waals surface area contributed by atoms with E-state index in [1.54, 1.807) is 9.58 Å². The molecular formula is C21H24N4O3. The molecule has 2 fully saturated rings. The molecule has 7 heteroatoms. The van der Waals surface area contributed by atoms with Gasteiger partial charge in [-0.05, 0) is 37.5 Å². The zero-order valence-electron chi connectivity index (χ0n) is 16.2. The van der Waals surface area contributed by atoms with Gasteiger partial charge in [0.25, 0.3) is 0 Å². The number of aromatic nitrogens is 3. The van der Waals surface area contributed by atoms with Crippen molar-refractivity contribution in [2.24, 2.45) is 5.92 Å². The van der Waals surface area contributed by atoms with E-state index in [2.05, 4.69) is 35.1 Å². The lowest BCUT2D eigenvalue weighted by Gasteiger charge is -2.34. The maximum absolute atomic E-state index is 12.0. The molecule has 28 heavy (non-hydrogen) atoms. The van der Waals surface area contributed by atoms with Crippen molar-refractivity contribution >= 4 is 6.09 Å². The Labute approximate surface area is 164 Å². The summed E-state index contributed by atoms with van der Waals surface area (Å²) in [6.07, 6.45) is 4.02. The largest absolute Gasteiger partial charge is 0.453 e. The lowest BCUT2D eigenvalue weighted by Crippen LogP contribution is -2.50. The molecule has 2 aromatic rings. The van der Waals surface area contributed by atoms with Crippen LogP contribution in [0.15, 0.2) is 24.4 Å². The van der Waals surface area contributed by atoms with Crippen LogP contribution in [0.2, 0.25) is 0 Å². The molecule has 1 aliphatic carbocycles. The van der Waals surface area contributed by atoms with Gasteiger partial charge < -0.3 is 9.47 Å². The second kappa shape index (κ2) is 8.03. The van der Waals surface area contributed by atoms with Gasteiger partial charge in [0.15, 0.2) is 0 Å². The number of benzene rings is 1. The monoisotopic (exact) mass is 380 g/mol. The fraction of sp³-hybridized carbons (Fsp3) is 0.476. The fourth-order valence-electron chi connectivity index (χ4n) is 3.33. The minimum absolute atomic E-state index is 0.128. The summed E-state index contributed by atoms with van der Waals surface area (Å²) < 4.78 is 12.2. The highest BCUT2D eigenvalue weighted by molar-refractivity contribution is 5.68. The molecule has 1 atom stereocenters. The van der Waals surface area contributed by atoms with E-state index in [9.17, 15) is 4.79 Å². The van der Waals surface area contributed by atoms with Crippen LogP contribution >= 0.6 is 0 Å². The van der Waals surface area contributed by atoms with Crippen LogP contribution in [0.3, 0.4) is 0 Å². The first kappa shape index (κ1) is 18.5. The van der Waals surface area contributed by atoms with Crippen LogP contribution < -0.4 is 0 Å². The van der Waals surface area contributed by atoms with Crippen molar-refractivity contribution < 1.29 is 14.3 Å². The SMILES string of the molecule is COC(=O)N1CCOCC1Cn1cc(-c2ccc(C#CC3CC3)cc2C)nn1. The number of carbonyl (C=O) groups excluding carboxylic acids is 1. The third kappa shape index (κ3) is 4.18. The summed E-state index contributed by atoms with van der Waals surface area (Å²) >= 11 is 0. The molecule has 0 radical (unpaired) electrons. The molecule has 1 unspecified atom stereocenters. The van der Waals surface area contributed by atoms with Gasteiger partial charge in [-0.25, -0.2) is 9.48 Å². The van der Waals surface area contributed by atoms with E-state index in [0.29, 0.717) is 32.2 Å². The molecule has 0 bridgehead atoms. The molecule has 146 valence electrons. The zero-order valence-corrected chi connectivity index (χ0v) is 16.2. The topological polar surface area (TPSA) is 69.5 Å². The third-order valence-electron chi connectivity index (χ3n) is 5.07. The predicted octanol–water partition coefficient (Wildman–Crippen LogP) is 2.48. The quantitative estimate of drug-likeness (QED) is 0.765. The van der Waals surface area contributed by atoms with Gasteiger partial charge in [-0.3, -0.25) is 4.90 Å². The van der Waals surface area contributed by atoms with E-state index < -0.39 is 0 Å². The van der Waals surface area contributed by atoms with Crippen LogP contribution in [0, 0.1) is 24.7 Å². The van der Waals surface area contributed by atoms with Gasteiger partial charge in [0.05, 0.1) is 39.1 Å². The summed E-state index contributed by atoms with van der Waals surface area (Å²) in [5.74, 6) is 7.13. The Balaban J connectivity index is 1.48. The molecule has 1 aromatic carbocycles. The first-order chi connectivity index (χ1) is 13.6. The van der Waals surface area contributed by atoms with E-state index in [4.69, 9.17) is 9.47 Å². The Morgan fingerprint density at radius 3 is 3.00 bits per heavy atom. The number of nitrogens with zero attached hydrogens (tertiary/aromatic N) is 4. The second-order valence-electron chi connectivity index (χ2n) is 7.29. The average molecular weight is 380 g/mol. The number of amides is 1. The summed E-state index contributed by atoms with van der Waals surface area (Å²) in [4.78, 5) is 13.6. The number of hydrogen-bond donors (Lipinski definition) is 0. The van der Waals surface area contributed by atoms with Crippen molar-refractivity contribution in [2.75, 3.05) is 26.9 Å². The van der Waals surface area contributed by atoms with Gasteiger partial charge in [-0.1, -0.05) is 23.1 Å². The second-order valence-corrected chi connectivity index (χ2v) is 7.29. The molecule has 1 saturated heterocycles. The van der Waals surface area contributed by atoms with Gasteiger partial charge in [-0.2, -0.15) is 0 Å². The molecule has 2 heterocycles. The van der Waals surface area contributed by atoms with E-state index in [-0.39, 0.29) is 12.1 Å². The van der Waals surface area contributed by atoms with Crippen LogP contribution in [0.25, 0.3) is 11.3 Å². The summed E-state index contributed by atoms with van der Waals surface area (Å²) in [7, 11) is 1.39. The van der Waals surface area contributed by atoms with E-state index in [1.165, 1.54) is 20.0 Å². The molecular weight excluding hydrogens is 356 g/mol. The van der Waals surface area contributed by atoms with Gasteiger partial charge in [0.2, 0.25) is 0 Å². The van der Waals surface area contributed by atoms with Crippen molar-refractivity contribution in [1.82, 2.24) is 19.9 Å². The summed E-state index contributed by atoms with van der Waals surface area (Å²) in [6.45, 7) is 4.05. The number of ether oxygens (including phenoxy) is 2. The van der Waals surface area contributed by atoms with Crippen molar-refractivity contribution in [3.05, 3.63) is 35.5 Å². The maximum Gasteiger partial charge on any atom is 0.409 e. The first-order valence-corrected chi connectivity index (χ1v) is 9.59. The summed E-state index contributed by atoms with van der Waals surface area (Å²) in [6, 6.07) is 6.05. The number of morpholine rings is 1. The molecule has 2 aliphatic rings. The Bertz CT molecular complexity index is 923. The molecule has 1 saturated carbocycles. The number of rotatable bonds is 3. The normalized spacial score (nSPS) is 19.1. The van der Waals surface area contributed by atoms with E-state index in [0.717, 1.165) is 22.4 Å². The van der Waals surface area contributed by atoms with Gasteiger partial charge in [-0.15, -0.1) is 5.10 Å². The van der Waals surface area contributed by atoms with Crippen LogP contribution in [0.5, 0.6) is 0 Å². The standard InChI is InChI=1S/C21H24N4O3/c1-15-11-17(6-5-16-3-4-16)7-8-19(15)20-13-24(23-22-20)12-18-14-28-10-9-25(18)21(26)27-2/h7-8,11,13,16,18H,3-4,9-10,12,14H2,1-2H3. The summed E-state index contributed by atoms with van der Waals surface area (Å²) in [5, 5.41) is 8.56. The molecule has 1 aromatic heterocycles. The number of hydrogen-bond acceptors (Lipinski definition) is 5. The van der Waals surface area contributed by atoms with Crippen LogP contribution in [-0.4, -0.2) is 58.9 Å². The molecule has 1 amide bonds. The Hall–Kier alpha value is -2.85. The summed E-state index contributed by atoms with van der Waals surface area (Å²) in [5.41, 5.74) is 3.99. The zero-order chi connectivity index (χ0) is 19.5. The highest BCUT2D eigenvalue weighted by Gasteiger charge is 2.28. The molecule has 1 aliphatic heterocycles. The average Bonchev–Trinajstić information content (AvgIpc) is 3.44. The molecule has 0 spiro atoms. The Morgan fingerprint density at radius 1 is 1.39 bits per heavy atom. The molecule has 7 nitrogen and oxygen atoms in total. The van der Waals surface area contributed by atoms with Crippen LogP contribution in [0.1, 0.15) is 24.0 Å². The number of aryl methyl sites for hydroxylation is 1. The van der Waals surface area contributed by atoms with Gasteiger partial charge in [0, 0.05) is 23.6 Å². The van der Waals surface area contributed by atoms with E-state index in [1.807, 2.05) is 18.3 Å². The minimum atomic E-state index is -0.340. The molecule has 4 rings (SSSR count). The highest BCUT2D eigenvalue weighted by Crippen LogP contribution is 2.28. The van der Waals surface area contributed by atoms with E-state index >= 15 is 0 Å². The maximum atomic E-state index is 12.0. The van der Waals surface area contributed by atoms with Gasteiger partial charge in [0.1, 0.15) is 5.69 Å². The third-order valence-corrected chi connectivity index (χ3v) is 5.07. The Morgan fingerprint density at radius 2 is 2.25 bits per heavy atom. The lowest BCUT2D eigenvalue weighted by atomic mass is 10.0. The van der Waals surface area contributed by atoms with Crippen molar-refractivity contribution in [1.29, 1.82) is 0 Å². The van der Waals surface area contributed by atoms with Crippen molar-refractivity contribution in [3.63, 3.8) is 0 Å². The number of methoxy groups -OCH3 is 1. The predicted molar refractivity (Wildman–Crippen MR) is 104 cm³/mol. The van der Waals surface area contributed by atoms with Crippen LogP contribution in [-0.2, 0) is 16.0 Å². The Kier molecular flexibility index (Phi) is 5.31. The highest BCUT2D eigenvalue weighted by atomic mass is 16.5. The first-order valence-electron chi connectivity index (χ1n) is 9.59. The molecule has 0 N–H and O–H groups in total. The van der Waals surface area contributed by atoms with Crippen LogP contribution in [0.4, 0.5) is 4.79 Å². The number of carbonyl (C=O) groups is 1. The minimum Gasteiger partial charge on any atom is -0.453 e. The van der Waals surface area contributed by atoms with Crippen molar-refractivity contribution in [3.8, 4) is 23.1 Å².